The molecule has 4 aromatic heterocycles. The van der Waals surface area contributed by atoms with Crippen molar-refractivity contribution in [3.63, 3.8) is 0 Å². The molecular weight excluding hydrogens is 818 g/mol. The molecule has 4 aromatic rings. The van der Waals surface area contributed by atoms with Crippen molar-refractivity contribution in [3.8, 4) is 22.5 Å². The number of hydrogen-bond acceptors (Lipinski definition) is 11. The van der Waals surface area contributed by atoms with Crippen LogP contribution in [0.3, 0.4) is 0 Å². The summed E-state index contributed by atoms with van der Waals surface area (Å²) in [5.74, 6) is 0.0762. The summed E-state index contributed by atoms with van der Waals surface area (Å²) >= 11 is 0. The molecule has 0 unspecified atom stereocenters. The number of nitrogens with zero attached hydrogens (tertiary/aromatic N) is 7. The Morgan fingerprint density at radius 1 is 0.700 bits per heavy atom. The first-order valence-electron chi connectivity index (χ1n) is 19.2. The molecule has 2 aliphatic rings. The summed E-state index contributed by atoms with van der Waals surface area (Å²) in [5.41, 5.74) is 0.452. The summed E-state index contributed by atoms with van der Waals surface area (Å²) in [6, 6.07) is 7.39. The molecule has 6 rings (SSSR count). The molecule has 6 heterocycles. The second-order valence-electron chi connectivity index (χ2n) is 15.6. The average Bonchev–Trinajstić information content (AvgIpc) is 3.80. The van der Waals surface area contributed by atoms with Gasteiger partial charge in [0.1, 0.15) is 35.4 Å². The van der Waals surface area contributed by atoms with Crippen LogP contribution in [-0.4, -0.2) is 82.2 Å². The number of hydrogen-bond donors (Lipinski definition) is 1. The minimum absolute atomic E-state index is 0. The number of halogens is 7. The first-order valence-corrected chi connectivity index (χ1v) is 19.2. The third-order valence-corrected chi connectivity index (χ3v) is 9.81. The number of pyridine rings is 2. The van der Waals surface area contributed by atoms with Crippen molar-refractivity contribution in [3.05, 3.63) is 84.2 Å². The van der Waals surface area contributed by atoms with Crippen LogP contribution in [0.15, 0.2) is 61.4 Å². The lowest BCUT2D eigenvalue weighted by atomic mass is 10.0. The molecule has 1 N–H and O–H groups in total. The summed E-state index contributed by atoms with van der Waals surface area (Å²) in [6.45, 7) is 9.29. The van der Waals surface area contributed by atoms with Crippen LogP contribution in [0.2, 0.25) is 0 Å². The maximum absolute atomic E-state index is 12.9. The Bertz CT molecular complexity index is 2080. The quantitative estimate of drug-likeness (QED) is 0.153. The molecule has 324 valence electrons. The summed E-state index contributed by atoms with van der Waals surface area (Å²) in [6.07, 6.45) is -0.120. The summed E-state index contributed by atoms with van der Waals surface area (Å²) < 4.78 is 81.4. The fourth-order valence-corrected chi connectivity index (χ4v) is 6.76. The standard InChI is InChI=1S/C23H27F3N4O3.C18H19F3N4O.ClH/c1-14-5-8-18(30(14)21(32)33-22(2,3)4)19(31)9-7-16-11-17(29-13-28-16)15-6-10-20(27-12-15)23(24,25)26;1-11-2-5-14(25-11)16(26)6-4-13-8-15(24-10-23-13)12-3-7-17(22-9-12)18(19,20)21;/h6,10-14,18H,5,7-9H2,1-4H3;3,7-11,14,25H,2,4-6H2,1H3;1H/t14-,18+;11-,14+;/m11./s1. The number of likely N-dealkylation sites (tertiary alicyclic amines) is 1. The minimum atomic E-state index is -4.51. The zero-order valence-corrected chi connectivity index (χ0v) is 34.5. The topological polar surface area (TPSA) is 153 Å². The van der Waals surface area contributed by atoms with Gasteiger partial charge in [0.25, 0.3) is 0 Å². The molecule has 0 saturated carbocycles. The SMILES string of the molecule is C[C@@H]1CC[C@@H](C(=O)CCc2cc(-c3ccc(C(F)(F)F)nc3)ncn2)N1.C[C@@H]1CC[C@@H](C(=O)CCc2cc(-c3ccc(C(F)(F)F)nc3)ncn2)N1C(=O)OC(C)(C)C.Cl. The van der Waals surface area contributed by atoms with E-state index in [0.717, 1.165) is 37.4 Å². The fourth-order valence-electron chi connectivity index (χ4n) is 6.76. The minimum Gasteiger partial charge on any atom is -0.444 e. The van der Waals surface area contributed by atoms with Crippen LogP contribution < -0.4 is 5.32 Å². The molecule has 0 aromatic carbocycles. The van der Waals surface area contributed by atoms with E-state index in [9.17, 15) is 40.7 Å². The van der Waals surface area contributed by atoms with Crippen molar-refractivity contribution in [1.29, 1.82) is 0 Å². The maximum Gasteiger partial charge on any atom is 0.433 e. The monoisotopic (exact) mass is 864 g/mol. The number of Topliss-reactive ketones (excluding diaryl/α,β-unsaturated/α-hetero) is 2. The lowest BCUT2D eigenvalue weighted by molar-refractivity contribution is -0.141. The predicted octanol–water partition coefficient (Wildman–Crippen LogP) is 8.47. The van der Waals surface area contributed by atoms with Crippen molar-refractivity contribution in [2.75, 3.05) is 0 Å². The second kappa shape index (κ2) is 20.0. The molecule has 4 atom stereocenters. The van der Waals surface area contributed by atoms with E-state index in [1.165, 1.54) is 29.7 Å². The molecule has 0 bridgehead atoms. The van der Waals surface area contributed by atoms with Gasteiger partial charge in [-0.2, -0.15) is 26.3 Å². The third-order valence-electron chi connectivity index (χ3n) is 9.81. The van der Waals surface area contributed by atoms with Gasteiger partial charge in [0.2, 0.25) is 0 Å². The number of aryl methyl sites for hydroxylation is 2. The Balaban J connectivity index is 0.000000267. The van der Waals surface area contributed by atoms with Crippen LogP contribution >= 0.6 is 12.4 Å². The van der Waals surface area contributed by atoms with Gasteiger partial charge in [0, 0.05) is 59.8 Å². The number of carbonyl (C=O) groups is 3. The molecule has 2 fully saturated rings. The Hall–Kier alpha value is -5.10. The largest absolute Gasteiger partial charge is 0.444 e. The molecule has 19 heteroatoms. The molecular formula is C41H47ClF6N8O4. The first-order chi connectivity index (χ1) is 27.7. The van der Waals surface area contributed by atoms with Gasteiger partial charge < -0.3 is 10.1 Å². The molecule has 1 amide bonds. The van der Waals surface area contributed by atoms with Gasteiger partial charge in [-0.3, -0.25) is 24.5 Å². The van der Waals surface area contributed by atoms with Gasteiger partial charge >= 0.3 is 18.4 Å². The average molecular weight is 865 g/mol. The zero-order chi connectivity index (χ0) is 43.1. The van der Waals surface area contributed by atoms with Crippen molar-refractivity contribution < 1.29 is 45.5 Å². The van der Waals surface area contributed by atoms with Gasteiger partial charge in [-0.05, 0) is 110 Å². The van der Waals surface area contributed by atoms with E-state index < -0.39 is 41.5 Å². The molecule has 60 heavy (non-hydrogen) atoms. The van der Waals surface area contributed by atoms with Crippen LogP contribution in [0, 0.1) is 0 Å². The summed E-state index contributed by atoms with van der Waals surface area (Å²) in [5, 5.41) is 3.26. The Kier molecular flexibility index (Phi) is 15.8. The van der Waals surface area contributed by atoms with Crippen LogP contribution in [0.4, 0.5) is 31.1 Å². The summed E-state index contributed by atoms with van der Waals surface area (Å²) in [7, 11) is 0. The van der Waals surface area contributed by atoms with Crippen molar-refractivity contribution in [2.24, 2.45) is 0 Å². The van der Waals surface area contributed by atoms with Crippen LogP contribution in [0.1, 0.15) is 95.9 Å². The second-order valence-corrected chi connectivity index (χ2v) is 15.6. The molecule has 0 aliphatic carbocycles. The van der Waals surface area contributed by atoms with E-state index in [1.807, 2.05) is 6.92 Å². The van der Waals surface area contributed by atoms with E-state index in [0.29, 0.717) is 72.0 Å². The highest BCUT2D eigenvalue weighted by molar-refractivity contribution is 5.88. The zero-order valence-electron chi connectivity index (χ0n) is 33.7. The summed E-state index contributed by atoms with van der Waals surface area (Å²) in [4.78, 5) is 62.7. The van der Waals surface area contributed by atoms with Crippen LogP contribution in [-0.2, 0) is 39.5 Å². The number of alkyl halides is 6. The van der Waals surface area contributed by atoms with E-state index in [4.69, 9.17) is 4.74 Å². The van der Waals surface area contributed by atoms with E-state index >= 15 is 0 Å². The predicted molar refractivity (Wildman–Crippen MR) is 211 cm³/mol. The van der Waals surface area contributed by atoms with Crippen LogP contribution in [0.5, 0.6) is 0 Å². The van der Waals surface area contributed by atoms with Crippen molar-refractivity contribution in [1.82, 2.24) is 40.1 Å². The van der Waals surface area contributed by atoms with Crippen LogP contribution in [0.25, 0.3) is 22.5 Å². The number of nitrogens with one attached hydrogen (secondary N) is 1. The number of carbonyl (C=O) groups excluding carboxylic acids is 3. The van der Waals surface area contributed by atoms with Crippen molar-refractivity contribution in [2.45, 2.75) is 128 Å². The molecule has 12 nitrogen and oxygen atoms in total. The molecule has 2 saturated heterocycles. The van der Waals surface area contributed by atoms with Gasteiger partial charge in [0.15, 0.2) is 5.78 Å². The number of amides is 1. The van der Waals surface area contributed by atoms with Gasteiger partial charge in [-0.1, -0.05) is 0 Å². The van der Waals surface area contributed by atoms with Gasteiger partial charge in [-0.25, -0.2) is 24.7 Å². The van der Waals surface area contributed by atoms with Gasteiger partial charge in [-0.15, -0.1) is 12.4 Å². The number of rotatable bonds is 10. The lowest BCUT2D eigenvalue weighted by Crippen LogP contribution is -2.46. The molecule has 0 spiro atoms. The number of ether oxygens (including phenoxy) is 1. The lowest BCUT2D eigenvalue weighted by Gasteiger charge is -2.30. The Labute approximate surface area is 349 Å². The Morgan fingerprint density at radius 2 is 1.20 bits per heavy atom. The smallest absolute Gasteiger partial charge is 0.433 e. The van der Waals surface area contributed by atoms with Crippen molar-refractivity contribution >= 4 is 30.1 Å². The molecule has 2 aliphatic heterocycles. The highest BCUT2D eigenvalue weighted by atomic mass is 35.5. The number of ketones is 2. The Morgan fingerprint density at radius 3 is 1.62 bits per heavy atom. The maximum atomic E-state index is 12.9. The fraction of sp³-hybridized carbons (Fsp3) is 0.488. The highest BCUT2D eigenvalue weighted by Gasteiger charge is 2.40. The van der Waals surface area contributed by atoms with E-state index in [1.54, 1.807) is 32.9 Å². The van der Waals surface area contributed by atoms with E-state index in [-0.39, 0.29) is 42.5 Å². The van der Waals surface area contributed by atoms with E-state index in [2.05, 4.69) is 42.1 Å². The highest BCUT2D eigenvalue weighted by Crippen LogP contribution is 2.31. The number of aromatic nitrogens is 6. The first kappa shape index (κ1) is 47.6. The molecule has 0 radical (unpaired) electrons. The normalized spacial score (nSPS) is 19.2. The third kappa shape index (κ3) is 13.2. The van der Waals surface area contributed by atoms with Gasteiger partial charge in [0.05, 0.1) is 23.5 Å².